The maximum Gasteiger partial charge on any atom is 0.211 e. The molecular weight excluding hydrogens is 260 g/mol. The Labute approximate surface area is 126 Å². The Morgan fingerprint density at radius 3 is 2.52 bits per heavy atom. The van der Waals surface area contributed by atoms with Crippen molar-refractivity contribution < 1.29 is 4.42 Å². The van der Waals surface area contributed by atoms with Crippen molar-refractivity contribution in [2.24, 2.45) is 0 Å². The Morgan fingerprint density at radius 1 is 1.14 bits per heavy atom. The van der Waals surface area contributed by atoms with Crippen LogP contribution in [0.15, 0.2) is 27.8 Å². The molecule has 0 aliphatic carbocycles. The number of hydrogen-bond acceptors (Lipinski definition) is 3. The topological polar surface area (TPSA) is 40.2 Å². The van der Waals surface area contributed by atoms with Gasteiger partial charge in [0.2, 0.25) is 5.55 Å². The van der Waals surface area contributed by atoms with Gasteiger partial charge in [-0.3, -0.25) is 5.41 Å². The molecule has 3 nitrogen and oxygen atoms in total. The van der Waals surface area contributed by atoms with Gasteiger partial charge in [-0.05, 0) is 44.2 Å². The van der Waals surface area contributed by atoms with E-state index in [1.807, 2.05) is 19.9 Å². The van der Waals surface area contributed by atoms with Gasteiger partial charge in [0.15, 0.2) is 0 Å². The number of allylic oxidation sites excluding steroid dienone is 2. The van der Waals surface area contributed by atoms with Crippen LogP contribution in [0, 0.1) is 5.41 Å². The minimum absolute atomic E-state index is 0.209. The molecule has 21 heavy (non-hydrogen) atoms. The van der Waals surface area contributed by atoms with Crippen LogP contribution in [0.25, 0.3) is 12.2 Å². The molecule has 3 heteroatoms. The van der Waals surface area contributed by atoms with Crippen LogP contribution >= 0.6 is 0 Å². The lowest BCUT2D eigenvalue weighted by Crippen LogP contribution is -2.39. The first-order valence-corrected chi connectivity index (χ1v) is 7.99. The maximum absolute atomic E-state index is 7.70. The minimum atomic E-state index is 0.209. The predicted octanol–water partition coefficient (Wildman–Crippen LogP) is 2.51. The van der Waals surface area contributed by atoms with Gasteiger partial charge >= 0.3 is 0 Å². The van der Waals surface area contributed by atoms with Crippen molar-refractivity contribution in [3.05, 3.63) is 39.6 Å². The number of rotatable bonds is 0. The lowest BCUT2D eigenvalue weighted by Gasteiger charge is -2.38. The number of nitrogens with one attached hydrogen (secondary N) is 1. The Morgan fingerprint density at radius 2 is 1.81 bits per heavy atom. The number of nitrogens with zero attached hydrogens (tertiary/aromatic N) is 1. The van der Waals surface area contributed by atoms with E-state index in [2.05, 4.69) is 18.4 Å². The molecule has 0 aromatic carbocycles. The highest BCUT2D eigenvalue weighted by atomic mass is 16.3. The van der Waals surface area contributed by atoms with E-state index < -0.39 is 0 Å². The fourth-order valence-corrected chi connectivity index (χ4v) is 3.21. The molecule has 0 radical (unpaired) electrons. The first kappa shape index (κ1) is 15.6. The van der Waals surface area contributed by atoms with Gasteiger partial charge in [-0.2, -0.15) is 0 Å². The molecule has 0 amide bonds. The van der Waals surface area contributed by atoms with Crippen LogP contribution in [0.1, 0.15) is 46.5 Å². The van der Waals surface area contributed by atoms with Gasteiger partial charge in [-0.25, -0.2) is 0 Å². The monoisotopic (exact) mass is 286 g/mol. The Hall–Kier alpha value is -1.77. The first-order valence-electron chi connectivity index (χ1n) is 7.99. The zero-order valence-corrected chi connectivity index (χ0v) is 13.5. The highest BCUT2D eigenvalue weighted by Crippen LogP contribution is 2.33. The zero-order chi connectivity index (χ0) is 15.4. The summed E-state index contributed by atoms with van der Waals surface area (Å²) in [6, 6.07) is 3.54. The Kier molecular flexibility index (Phi) is 5.05. The average Bonchev–Trinajstić information content (AvgIpc) is 2.51. The van der Waals surface area contributed by atoms with Gasteiger partial charge in [0.1, 0.15) is 5.42 Å². The van der Waals surface area contributed by atoms with E-state index in [4.69, 9.17) is 9.83 Å². The summed E-state index contributed by atoms with van der Waals surface area (Å²) in [6.45, 7) is 12.6. The van der Waals surface area contributed by atoms with Crippen LogP contribution in [0.3, 0.4) is 0 Å². The molecule has 0 saturated carbocycles. The largest absolute Gasteiger partial charge is 0.439 e. The van der Waals surface area contributed by atoms with Crippen molar-refractivity contribution in [3.8, 4) is 0 Å². The molecule has 1 N–H and O–H groups in total. The van der Waals surface area contributed by atoms with E-state index in [0.717, 1.165) is 36.6 Å². The summed E-state index contributed by atoms with van der Waals surface area (Å²) >= 11 is 0. The van der Waals surface area contributed by atoms with E-state index >= 15 is 0 Å². The summed E-state index contributed by atoms with van der Waals surface area (Å²) < 4.78 is 5.65. The lowest BCUT2D eigenvalue weighted by atomic mass is 9.91. The molecule has 1 aromatic rings. The Balaban J connectivity index is 0.000000774. The molecule has 3 rings (SSSR count). The van der Waals surface area contributed by atoms with E-state index in [0.29, 0.717) is 0 Å². The summed E-state index contributed by atoms with van der Waals surface area (Å²) in [4.78, 5) is 2.48. The Bertz CT molecular complexity index is 697. The third-order valence-corrected chi connectivity index (χ3v) is 4.05. The highest BCUT2D eigenvalue weighted by molar-refractivity contribution is 5.64. The molecule has 2 aliphatic rings. The summed E-state index contributed by atoms with van der Waals surface area (Å²) in [5.41, 5.74) is 5.08. The molecular formula is C18H26N2O. The fourth-order valence-electron chi connectivity index (χ4n) is 3.21. The third kappa shape index (κ3) is 3.12. The number of piperidine rings is 1. The lowest BCUT2D eigenvalue weighted by molar-refractivity contribution is 0.305. The molecule has 0 atom stereocenters. The first-order chi connectivity index (χ1) is 10.2. The fraction of sp³-hybridized carbons (Fsp3) is 0.500. The van der Waals surface area contributed by atoms with Crippen LogP contribution in [0.4, 0.5) is 0 Å². The maximum atomic E-state index is 7.70. The van der Waals surface area contributed by atoms with Crippen molar-refractivity contribution in [2.45, 2.75) is 46.5 Å². The van der Waals surface area contributed by atoms with Crippen LogP contribution < -0.4 is 16.2 Å². The van der Waals surface area contributed by atoms with E-state index in [1.165, 1.54) is 29.7 Å². The van der Waals surface area contributed by atoms with Gasteiger partial charge in [0.25, 0.3) is 0 Å². The SMILES string of the molecule is C=c1ccc(=N)o/c1=C1\CCCN2CCCC(C)=C12.CC. The van der Waals surface area contributed by atoms with E-state index in [9.17, 15) is 0 Å². The third-order valence-electron chi connectivity index (χ3n) is 4.05. The van der Waals surface area contributed by atoms with Crippen LogP contribution in [0.2, 0.25) is 0 Å². The van der Waals surface area contributed by atoms with Crippen molar-refractivity contribution in [2.75, 3.05) is 13.1 Å². The second-order valence-corrected chi connectivity index (χ2v) is 5.46. The number of fused-ring (bicyclic) bond motifs is 1. The second-order valence-electron chi connectivity index (χ2n) is 5.46. The van der Waals surface area contributed by atoms with Crippen molar-refractivity contribution in [1.82, 2.24) is 4.90 Å². The summed E-state index contributed by atoms with van der Waals surface area (Å²) in [5.74, 6) is 0. The van der Waals surface area contributed by atoms with Gasteiger partial charge in [-0.1, -0.05) is 20.4 Å². The highest BCUT2D eigenvalue weighted by Gasteiger charge is 2.25. The quantitative estimate of drug-likeness (QED) is 0.796. The summed E-state index contributed by atoms with van der Waals surface area (Å²) in [5, 5.41) is 8.58. The van der Waals surface area contributed by atoms with Crippen LogP contribution in [-0.4, -0.2) is 18.0 Å². The van der Waals surface area contributed by atoms with Crippen molar-refractivity contribution in [3.63, 3.8) is 0 Å². The standard InChI is InChI=1S/C16H20N2O.C2H6/c1-11-5-3-9-18-10-4-6-13(15(11)18)16-12(2)7-8-14(17)19-16;1-2/h7-8,17H,2-6,9-10H2,1H3;1-2H3/b16-13+,17-14?;. The van der Waals surface area contributed by atoms with E-state index in [-0.39, 0.29) is 5.55 Å². The molecule has 0 unspecified atom stereocenters. The zero-order valence-electron chi connectivity index (χ0n) is 13.5. The average molecular weight is 286 g/mol. The van der Waals surface area contributed by atoms with Gasteiger partial charge in [0, 0.05) is 35.6 Å². The molecule has 1 fully saturated rings. The van der Waals surface area contributed by atoms with Crippen LogP contribution in [0.5, 0.6) is 0 Å². The second kappa shape index (κ2) is 6.79. The molecule has 1 saturated heterocycles. The smallest absolute Gasteiger partial charge is 0.211 e. The van der Waals surface area contributed by atoms with Gasteiger partial charge < -0.3 is 9.32 Å². The van der Waals surface area contributed by atoms with Gasteiger partial charge in [-0.15, -0.1) is 0 Å². The molecule has 114 valence electrons. The van der Waals surface area contributed by atoms with Crippen LogP contribution in [-0.2, 0) is 0 Å². The summed E-state index contributed by atoms with van der Waals surface area (Å²) in [7, 11) is 0. The number of hydrogen-bond donors (Lipinski definition) is 1. The normalized spacial score (nSPS) is 20.6. The van der Waals surface area contributed by atoms with Gasteiger partial charge in [0.05, 0.1) is 0 Å². The molecule has 0 bridgehead atoms. The molecule has 3 heterocycles. The molecule has 1 aromatic heterocycles. The summed E-state index contributed by atoms with van der Waals surface area (Å²) in [6.07, 6.45) is 4.60. The minimum Gasteiger partial charge on any atom is -0.439 e. The van der Waals surface area contributed by atoms with Crippen molar-refractivity contribution >= 4 is 12.2 Å². The predicted molar refractivity (Wildman–Crippen MR) is 86.8 cm³/mol. The van der Waals surface area contributed by atoms with Crippen molar-refractivity contribution in [1.29, 1.82) is 5.41 Å². The van der Waals surface area contributed by atoms with E-state index in [1.54, 1.807) is 6.07 Å². The molecule has 2 aliphatic heterocycles. The molecule has 0 spiro atoms.